The lowest BCUT2D eigenvalue weighted by molar-refractivity contribution is -0.908. The molecule has 2 amide bonds. The van der Waals surface area contributed by atoms with Crippen molar-refractivity contribution in [2.24, 2.45) is 0 Å². The van der Waals surface area contributed by atoms with Gasteiger partial charge >= 0.3 is 0 Å². The number of nitrogens with zero attached hydrogens (tertiary/aromatic N) is 1. The number of benzene rings is 2. The summed E-state index contributed by atoms with van der Waals surface area (Å²) < 4.78 is 10.7. The van der Waals surface area contributed by atoms with E-state index in [1.165, 1.54) is 0 Å². The largest absolute Gasteiger partial charge is 0.497 e. The SMILES string of the molecule is COc1ccc(C[NH+](C)[C@@H](C)C(=O)N2CC(=O)Nc3ccccc32)c(OC)c1. The van der Waals surface area contributed by atoms with Crippen LogP contribution >= 0.6 is 0 Å². The van der Waals surface area contributed by atoms with Crippen LogP contribution in [0.2, 0.25) is 0 Å². The summed E-state index contributed by atoms with van der Waals surface area (Å²) in [5.74, 6) is 1.17. The Morgan fingerprint density at radius 2 is 1.96 bits per heavy atom. The van der Waals surface area contributed by atoms with Gasteiger partial charge in [0.1, 0.15) is 24.6 Å². The van der Waals surface area contributed by atoms with Gasteiger partial charge in [0.05, 0.1) is 32.6 Å². The van der Waals surface area contributed by atoms with Gasteiger partial charge in [-0.2, -0.15) is 0 Å². The lowest BCUT2D eigenvalue weighted by Gasteiger charge is -2.32. The fourth-order valence-corrected chi connectivity index (χ4v) is 3.33. The van der Waals surface area contributed by atoms with Crippen molar-refractivity contribution in [2.45, 2.75) is 19.5 Å². The number of fused-ring (bicyclic) bond motifs is 1. The van der Waals surface area contributed by atoms with Gasteiger partial charge in [-0.25, -0.2) is 0 Å². The Labute approximate surface area is 164 Å². The lowest BCUT2D eigenvalue weighted by atomic mass is 10.1. The minimum absolute atomic E-state index is 0.0271. The second-order valence-corrected chi connectivity index (χ2v) is 6.91. The molecule has 2 N–H and O–H groups in total. The normalized spacial score (nSPS) is 15.3. The highest BCUT2D eigenvalue weighted by molar-refractivity contribution is 6.10. The molecule has 1 unspecified atom stereocenters. The summed E-state index contributed by atoms with van der Waals surface area (Å²) in [6, 6.07) is 12.7. The van der Waals surface area contributed by atoms with E-state index in [1.807, 2.05) is 50.4 Å². The van der Waals surface area contributed by atoms with Crippen LogP contribution in [-0.2, 0) is 16.1 Å². The summed E-state index contributed by atoms with van der Waals surface area (Å²) in [6.45, 7) is 2.50. The van der Waals surface area contributed by atoms with E-state index in [-0.39, 0.29) is 24.4 Å². The molecule has 1 aliphatic rings. The van der Waals surface area contributed by atoms with Crippen LogP contribution in [0.15, 0.2) is 42.5 Å². The van der Waals surface area contributed by atoms with Crippen LogP contribution in [0, 0.1) is 0 Å². The van der Waals surface area contributed by atoms with Crippen LogP contribution in [0.4, 0.5) is 11.4 Å². The molecular weight excluding hydrogens is 358 g/mol. The molecule has 7 nitrogen and oxygen atoms in total. The quantitative estimate of drug-likeness (QED) is 0.782. The van der Waals surface area contributed by atoms with Gasteiger partial charge in [-0.3, -0.25) is 14.5 Å². The molecule has 0 aromatic heterocycles. The molecule has 0 saturated heterocycles. The number of quaternary nitrogens is 1. The number of amides is 2. The number of para-hydroxylation sites is 2. The standard InChI is InChI=1S/C21H25N3O4/c1-14(23(2)12-15-9-10-16(27-3)11-19(15)28-4)21(26)24-13-20(25)22-17-7-5-6-8-18(17)24/h5-11,14H,12-13H2,1-4H3,(H,22,25)/p+1/t14-/m0/s1. The number of carbonyl (C=O) groups is 2. The van der Waals surface area contributed by atoms with Gasteiger partial charge in [-0.05, 0) is 31.2 Å². The van der Waals surface area contributed by atoms with Gasteiger partial charge in [-0.1, -0.05) is 12.1 Å². The minimum Gasteiger partial charge on any atom is -0.497 e. The molecule has 2 aromatic carbocycles. The van der Waals surface area contributed by atoms with E-state index in [1.54, 1.807) is 25.2 Å². The summed E-state index contributed by atoms with van der Waals surface area (Å²) in [6.07, 6.45) is 0. The molecule has 0 radical (unpaired) electrons. The molecule has 3 rings (SSSR count). The van der Waals surface area contributed by atoms with E-state index in [9.17, 15) is 9.59 Å². The van der Waals surface area contributed by atoms with Gasteiger partial charge in [-0.15, -0.1) is 0 Å². The highest BCUT2D eigenvalue weighted by Gasteiger charge is 2.33. The zero-order chi connectivity index (χ0) is 20.3. The Bertz CT molecular complexity index is 884. The van der Waals surface area contributed by atoms with Crippen molar-refractivity contribution in [1.82, 2.24) is 0 Å². The number of hydrogen-bond acceptors (Lipinski definition) is 4. The lowest BCUT2D eigenvalue weighted by Crippen LogP contribution is -3.12. The summed E-state index contributed by atoms with van der Waals surface area (Å²) in [7, 11) is 5.19. The molecule has 148 valence electrons. The molecule has 7 heteroatoms. The Hall–Kier alpha value is -3.06. The second-order valence-electron chi connectivity index (χ2n) is 6.91. The molecule has 28 heavy (non-hydrogen) atoms. The average molecular weight is 384 g/mol. The third kappa shape index (κ3) is 3.94. The first-order valence-electron chi connectivity index (χ1n) is 9.18. The fraction of sp³-hybridized carbons (Fsp3) is 0.333. The smallest absolute Gasteiger partial charge is 0.285 e. The zero-order valence-electron chi connectivity index (χ0n) is 16.6. The van der Waals surface area contributed by atoms with Crippen LogP contribution in [0.3, 0.4) is 0 Å². The molecule has 2 aromatic rings. The molecule has 1 aliphatic heterocycles. The van der Waals surface area contributed by atoms with Crippen molar-refractivity contribution in [3.63, 3.8) is 0 Å². The van der Waals surface area contributed by atoms with Crippen LogP contribution in [0.1, 0.15) is 12.5 Å². The van der Waals surface area contributed by atoms with E-state index in [2.05, 4.69) is 5.32 Å². The van der Waals surface area contributed by atoms with Gasteiger partial charge in [0, 0.05) is 11.6 Å². The number of anilines is 2. The van der Waals surface area contributed by atoms with Crippen molar-refractivity contribution in [2.75, 3.05) is 38.0 Å². The number of methoxy groups -OCH3 is 2. The first-order chi connectivity index (χ1) is 13.4. The average Bonchev–Trinajstić information content (AvgIpc) is 2.72. The third-order valence-electron chi connectivity index (χ3n) is 5.11. The third-order valence-corrected chi connectivity index (χ3v) is 5.11. The Balaban J connectivity index is 1.78. The summed E-state index contributed by atoms with van der Waals surface area (Å²) in [5.41, 5.74) is 2.37. The Morgan fingerprint density at radius 1 is 1.21 bits per heavy atom. The van der Waals surface area contributed by atoms with E-state index < -0.39 is 0 Å². The Kier molecular flexibility index (Phi) is 5.84. The molecule has 0 saturated carbocycles. The molecule has 1 heterocycles. The first-order valence-corrected chi connectivity index (χ1v) is 9.18. The summed E-state index contributed by atoms with van der Waals surface area (Å²) >= 11 is 0. The van der Waals surface area contributed by atoms with E-state index >= 15 is 0 Å². The van der Waals surface area contributed by atoms with Crippen LogP contribution in [-0.4, -0.2) is 45.7 Å². The van der Waals surface area contributed by atoms with Crippen molar-refractivity contribution < 1.29 is 24.0 Å². The predicted molar refractivity (Wildman–Crippen MR) is 107 cm³/mol. The maximum absolute atomic E-state index is 13.2. The number of ether oxygens (including phenoxy) is 2. The maximum atomic E-state index is 13.2. The number of hydrogen-bond donors (Lipinski definition) is 2. The molecular formula is C21H26N3O4+. The molecule has 0 fully saturated rings. The van der Waals surface area contributed by atoms with Gasteiger partial charge < -0.3 is 19.7 Å². The van der Waals surface area contributed by atoms with Crippen LogP contribution < -0.4 is 24.6 Å². The summed E-state index contributed by atoms with van der Waals surface area (Å²) in [5, 5.41) is 2.81. The first kappa shape index (κ1) is 19.7. The van der Waals surface area contributed by atoms with Gasteiger partial charge in [0.25, 0.3) is 5.91 Å². The van der Waals surface area contributed by atoms with Crippen molar-refractivity contribution in [3.05, 3.63) is 48.0 Å². The maximum Gasteiger partial charge on any atom is 0.285 e. The van der Waals surface area contributed by atoms with E-state index in [4.69, 9.17) is 9.47 Å². The minimum atomic E-state index is -0.342. The Morgan fingerprint density at radius 3 is 2.68 bits per heavy atom. The number of carbonyl (C=O) groups excluding carboxylic acids is 2. The van der Waals surface area contributed by atoms with Gasteiger partial charge in [0.2, 0.25) is 5.91 Å². The van der Waals surface area contributed by atoms with E-state index in [0.29, 0.717) is 12.2 Å². The van der Waals surface area contributed by atoms with Crippen LogP contribution in [0.25, 0.3) is 0 Å². The summed E-state index contributed by atoms with van der Waals surface area (Å²) in [4.78, 5) is 27.8. The highest BCUT2D eigenvalue weighted by atomic mass is 16.5. The van der Waals surface area contributed by atoms with Crippen molar-refractivity contribution in [3.8, 4) is 11.5 Å². The molecule has 0 aliphatic carbocycles. The fourth-order valence-electron chi connectivity index (χ4n) is 3.33. The molecule has 0 bridgehead atoms. The topological polar surface area (TPSA) is 72.3 Å². The molecule has 2 atom stereocenters. The zero-order valence-corrected chi connectivity index (χ0v) is 16.6. The monoisotopic (exact) mass is 384 g/mol. The van der Waals surface area contributed by atoms with Crippen molar-refractivity contribution in [1.29, 1.82) is 0 Å². The van der Waals surface area contributed by atoms with E-state index in [0.717, 1.165) is 27.6 Å². The number of nitrogens with one attached hydrogen (secondary N) is 2. The predicted octanol–water partition coefficient (Wildman–Crippen LogP) is 1.09. The molecule has 0 spiro atoms. The number of likely N-dealkylation sites (N-methyl/N-ethyl adjacent to an activating group) is 1. The second kappa shape index (κ2) is 8.31. The van der Waals surface area contributed by atoms with Gasteiger partial charge in [0.15, 0.2) is 6.04 Å². The number of rotatable bonds is 6. The van der Waals surface area contributed by atoms with Crippen molar-refractivity contribution >= 4 is 23.2 Å². The van der Waals surface area contributed by atoms with Crippen LogP contribution in [0.5, 0.6) is 11.5 Å². The highest BCUT2D eigenvalue weighted by Crippen LogP contribution is 2.29.